The Morgan fingerprint density at radius 1 is 1.13 bits per heavy atom. The largest absolute Gasteiger partial charge is 0.441 e. The fourth-order valence-corrected chi connectivity index (χ4v) is 4.23. The Morgan fingerprint density at radius 2 is 1.94 bits per heavy atom. The number of piperidine rings is 1. The van der Waals surface area contributed by atoms with Crippen molar-refractivity contribution in [2.45, 2.75) is 31.3 Å². The maximum Gasteiger partial charge on any atom is 0.274 e. The van der Waals surface area contributed by atoms with E-state index in [0.717, 1.165) is 10.9 Å². The SMILES string of the molecule is O=C1CC(N2CCC(NC(=O)c3ncoc3-c3ccc4ccccc4n3)CC2)C(=O)N1. The molecule has 3 amide bonds. The zero-order chi connectivity index (χ0) is 21.4. The van der Waals surface area contributed by atoms with Crippen molar-refractivity contribution in [3.05, 3.63) is 48.5 Å². The minimum absolute atomic E-state index is 0.0435. The van der Waals surface area contributed by atoms with E-state index in [9.17, 15) is 14.4 Å². The van der Waals surface area contributed by atoms with E-state index in [0.29, 0.717) is 37.4 Å². The van der Waals surface area contributed by atoms with Crippen molar-refractivity contribution in [2.24, 2.45) is 0 Å². The van der Waals surface area contributed by atoms with Crippen molar-refractivity contribution < 1.29 is 18.8 Å². The maximum atomic E-state index is 12.9. The molecule has 0 saturated carbocycles. The number of hydrogen-bond acceptors (Lipinski definition) is 7. The number of carbonyl (C=O) groups is 3. The molecule has 4 heterocycles. The molecule has 1 aromatic carbocycles. The van der Waals surface area contributed by atoms with Gasteiger partial charge in [0, 0.05) is 24.5 Å². The fourth-order valence-electron chi connectivity index (χ4n) is 4.23. The summed E-state index contributed by atoms with van der Waals surface area (Å²) < 4.78 is 5.50. The van der Waals surface area contributed by atoms with Gasteiger partial charge in [-0.3, -0.25) is 24.6 Å². The molecular formula is C22H21N5O4. The van der Waals surface area contributed by atoms with Crippen LogP contribution in [0.5, 0.6) is 0 Å². The second-order valence-corrected chi connectivity index (χ2v) is 7.84. The number of imide groups is 1. The Labute approximate surface area is 177 Å². The number of pyridine rings is 1. The summed E-state index contributed by atoms with van der Waals surface area (Å²) in [4.78, 5) is 46.9. The lowest BCUT2D eigenvalue weighted by Gasteiger charge is -2.34. The molecule has 0 aliphatic carbocycles. The van der Waals surface area contributed by atoms with Crippen molar-refractivity contribution in [3.8, 4) is 11.5 Å². The van der Waals surface area contributed by atoms with Crippen molar-refractivity contribution >= 4 is 28.6 Å². The Hall–Kier alpha value is -3.59. The predicted octanol–water partition coefficient (Wildman–Crippen LogP) is 1.50. The van der Waals surface area contributed by atoms with Gasteiger partial charge in [0.05, 0.1) is 18.0 Å². The number of fused-ring (bicyclic) bond motifs is 1. The van der Waals surface area contributed by atoms with E-state index in [4.69, 9.17) is 4.42 Å². The molecule has 158 valence electrons. The fraction of sp³-hybridized carbons (Fsp3) is 0.318. The molecule has 2 N–H and O–H groups in total. The van der Waals surface area contributed by atoms with Gasteiger partial charge in [0.15, 0.2) is 17.8 Å². The molecule has 1 unspecified atom stereocenters. The van der Waals surface area contributed by atoms with E-state index in [-0.39, 0.29) is 35.9 Å². The van der Waals surface area contributed by atoms with E-state index in [1.54, 1.807) is 0 Å². The summed E-state index contributed by atoms with van der Waals surface area (Å²) in [6.07, 6.45) is 2.83. The maximum absolute atomic E-state index is 12.9. The topological polar surface area (TPSA) is 117 Å². The third-order valence-corrected chi connectivity index (χ3v) is 5.86. The summed E-state index contributed by atoms with van der Waals surface area (Å²) >= 11 is 0. The molecule has 2 fully saturated rings. The lowest BCUT2D eigenvalue weighted by atomic mass is 10.0. The summed E-state index contributed by atoms with van der Waals surface area (Å²) in [5.41, 5.74) is 1.56. The molecule has 2 aliphatic rings. The molecule has 3 aromatic rings. The normalized spacial score (nSPS) is 20.2. The number of nitrogens with one attached hydrogen (secondary N) is 2. The molecule has 1 atom stereocenters. The number of likely N-dealkylation sites (tertiary alicyclic amines) is 1. The smallest absolute Gasteiger partial charge is 0.274 e. The molecular weight excluding hydrogens is 398 g/mol. The second-order valence-electron chi connectivity index (χ2n) is 7.84. The van der Waals surface area contributed by atoms with Gasteiger partial charge >= 0.3 is 0 Å². The highest BCUT2D eigenvalue weighted by molar-refractivity contribution is 6.05. The molecule has 2 saturated heterocycles. The third-order valence-electron chi connectivity index (χ3n) is 5.86. The highest BCUT2D eigenvalue weighted by Gasteiger charge is 2.37. The zero-order valence-corrected chi connectivity index (χ0v) is 16.7. The van der Waals surface area contributed by atoms with Gasteiger partial charge in [-0.1, -0.05) is 24.3 Å². The van der Waals surface area contributed by atoms with Crippen LogP contribution in [0.15, 0.2) is 47.2 Å². The molecule has 9 heteroatoms. The number of oxazole rings is 1. The Balaban J connectivity index is 1.25. The molecule has 0 radical (unpaired) electrons. The average Bonchev–Trinajstić information content (AvgIpc) is 3.40. The van der Waals surface area contributed by atoms with Gasteiger partial charge < -0.3 is 9.73 Å². The van der Waals surface area contributed by atoms with Crippen LogP contribution < -0.4 is 10.6 Å². The minimum atomic E-state index is -0.398. The first-order valence-electron chi connectivity index (χ1n) is 10.3. The summed E-state index contributed by atoms with van der Waals surface area (Å²) in [7, 11) is 0. The predicted molar refractivity (Wildman–Crippen MR) is 111 cm³/mol. The molecule has 5 rings (SSSR count). The minimum Gasteiger partial charge on any atom is -0.441 e. The average molecular weight is 419 g/mol. The Morgan fingerprint density at radius 3 is 2.71 bits per heavy atom. The van der Waals surface area contributed by atoms with Crippen LogP contribution >= 0.6 is 0 Å². The van der Waals surface area contributed by atoms with Gasteiger partial charge in [-0.15, -0.1) is 0 Å². The van der Waals surface area contributed by atoms with E-state index in [1.165, 1.54) is 6.39 Å². The van der Waals surface area contributed by atoms with Crippen LogP contribution in [0.3, 0.4) is 0 Å². The highest BCUT2D eigenvalue weighted by Crippen LogP contribution is 2.25. The monoisotopic (exact) mass is 419 g/mol. The Kier molecular flexibility index (Phi) is 4.95. The number of aromatic nitrogens is 2. The number of benzene rings is 1. The first kappa shape index (κ1) is 19.4. The van der Waals surface area contributed by atoms with Gasteiger partial charge in [-0.05, 0) is 25.0 Å². The first-order valence-corrected chi connectivity index (χ1v) is 10.3. The molecule has 0 spiro atoms. The van der Waals surface area contributed by atoms with Gasteiger partial charge in [0.1, 0.15) is 5.69 Å². The summed E-state index contributed by atoms with van der Waals surface area (Å²) in [5.74, 6) is -0.443. The standard InChI is InChI=1S/C22H21N5O4/c28-18-11-17(21(29)26-18)27-9-7-14(8-10-27)24-22(30)19-20(31-12-23-19)16-6-5-13-3-1-2-4-15(13)25-16/h1-6,12,14,17H,7-11H2,(H,24,30)(H,26,28,29). The van der Waals surface area contributed by atoms with Crippen molar-refractivity contribution in [1.82, 2.24) is 25.5 Å². The molecule has 2 aliphatic heterocycles. The quantitative estimate of drug-likeness (QED) is 0.616. The number of hydrogen-bond donors (Lipinski definition) is 2. The third kappa shape index (κ3) is 3.79. The van der Waals surface area contributed by atoms with Crippen LogP contribution in [0, 0.1) is 0 Å². The summed E-state index contributed by atoms with van der Waals surface area (Å²) in [6, 6.07) is 11.0. The van der Waals surface area contributed by atoms with Gasteiger partial charge in [-0.25, -0.2) is 9.97 Å². The number of carbonyl (C=O) groups excluding carboxylic acids is 3. The van der Waals surface area contributed by atoms with Crippen LogP contribution in [0.4, 0.5) is 0 Å². The van der Waals surface area contributed by atoms with E-state index in [1.807, 2.05) is 41.3 Å². The Bertz CT molecular complexity index is 1170. The molecule has 9 nitrogen and oxygen atoms in total. The van der Waals surface area contributed by atoms with Crippen molar-refractivity contribution in [3.63, 3.8) is 0 Å². The van der Waals surface area contributed by atoms with Crippen LogP contribution in [0.25, 0.3) is 22.4 Å². The molecule has 0 bridgehead atoms. The van der Waals surface area contributed by atoms with Crippen LogP contribution in [-0.4, -0.2) is 57.8 Å². The van der Waals surface area contributed by atoms with Gasteiger partial charge in [0.25, 0.3) is 5.91 Å². The number of amides is 3. The zero-order valence-electron chi connectivity index (χ0n) is 16.7. The first-order chi connectivity index (χ1) is 15.1. The van der Waals surface area contributed by atoms with Crippen molar-refractivity contribution in [2.75, 3.05) is 13.1 Å². The van der Waals surface area contributed by atoms with E-state index in [2.05, 4.69) is 20.6 Å². The second kappa shape index (κ2) is 7.92. The number of nitrogens with zero attached hydrogens (tertiary/aromatic N) is 3. The number of para-hydroxylation sites is 1. The van der Waals surface area contributed by atoms with E-state index < -0.39 is 6.04 Å². The van der Waals surface area contributed by atoms with Gasteiger partial charge in [-0.2, -0.15) is 0 Å². The molecule has 31 heavy (non-hydrogen) atoms. The summed E-state index contributed by atoms with van der Waals surface area (Å²) in [5, 5.41) is 6.36. The lowest BCUT2D eigenvalue weighted by molar-refractivity contribution is -0.126. The van der Waals surface area contributed by atoms with Crippen LogP contribution in [-0.2, 0) is 9.59 Å². The summed E-state index contributed by atoms with van der Waals surface area (Å²) in [6.45, 7) is 1.27. The number of rotatable bonds is 4. The van der Waals surface area contributed by atoms with Crippen molar-refractivity contribution in [1.29, 1.82) is 0 Å². The van der Waals surface area contributed by atoms with E-state index >= 15 is 0 Å². The molecule has 2 aromatic heterocycles. The highest BCUT2D eigenvalue weighted by atomic mass is 16.3. The van der Waals surface area contributed by atoms with Gasteiger partial charge in [0.2, 0.25) is 11.8 Å². The lowest BCUT2D eigenvalue weighted by Crippen LogP contribution is -2.50. The van der Waals surface area contributed by atoms with Crippen LogP contribution in [0.1, 0.15) is 29.8 Å². The van der Waals surface area contributed by atoms with Crippen LogP contribution in [0.2, 0.25) is 0 Å².